The molecule has 4 rings (SSSR count). The van der Waals surface area contributed by atoms with Gasteiger partial charge in [-0.1, -0.05) is 66.7 Å². The standard InChI is InChI=1S/C27H25N5O4/c1-18-22(25(33)36-2)23(30-26(34)28-20-14-8-4-9-15-20)24(19-12-6-3-7-13-19)32(18)31-27(35)29-21-16-10-5-11-17-21/h3-17H,1-2H3,(H2,28,30,34)(H2,29,31,35). The molecule has 4 amide bonds. The van der Waals surface area contributed by atoms with Crippen LogP contribution in [0.1, 0.15) is 16.1 Å². The lowest BCUT2D eigenvalue weighted by molar-refractivity contribution is 0.0601. The Balaban J connectivity index is 1.77. The third kappa shape index (κ3) is 5.36. The number of anilines is 3. The van der Waals surface area contributed by atoms with Gasteiger partial charge in [-0.2, -0.15) is 0 Å². The van der Waals surface area contributed by atoms with Crippen LogP contribution in [0.4, 0.5) is 26.7 Å². The van der Waals surface area contributed by atoms with E-state index >= 15 is 0 Å². The fraction of sp³-hybridized carbons (Fsp3) is 0.0741. The van der Waals surface area contributed by atoms with Crippen LogP contribution in [0.2, 0.25) is 0 Å². The Labute approximate surface area is 208 Å². The molecule has 4 N–H and O–H groups in total. The van der Waals surface area contributed by atoms with E-state index in [4.69, 9.17) is 4.74 Å². The van der Waals surface area contributed by atoms with E-state index in [0.717, 1.165) is 0 Å². The highest BCUT2D eigenvalue weighted by Crippen LogP contribution is 2.36. The van der Waals surface area contributed by atoms with Gasteiger partial charge in [0.15, 0.2) is 0 Å². The average Bonchev–Trinajstić information content (AvgIpc) is 3.15. The second-order valence-electron chi connectivity index (χ2n) is 7.75. The largest absolute Gasteiger partial charge is 0.465 e. The van der Waals surface area contributed by atoms with Gasteiger partial charge in [-0.3, -0.25) is 4.68 Å². The second-order valence-corrected chi connectivity index (χ2v) is 7.75. The first-order valence-corrected chi connectivity index (χ1v) is 11.1. The lowest BCUT2D eigenvalue weighted by Gasteiger charge is -2.15. The number of aromatic nitrogens is 1. The number of esters is 1. The molecule has 0 spiro atoms. The van der Waals surface area contributed by atoms with E-state index in [-0.39, 0.29) is 11.3 Å². The Morgan fingerprint density at radius 2 is 1.19 bits per heavy atom. The first-order chi connectivity index (χ1) is 17.5. The zero-order valence-corrected chi connectivity index (χ0v) is 19.7. The Morgan fingerprint density at radius 1 is 0.694 bits per heavy atom. The lowest BCUT2D eigenvalue weighted by atomic mass is 10.1. The number of nitrogens with one attached hydrogen (secondary N) is 4. The lowest BCUT2D eigenvalue weighted by Crippen LogP contribution is -2.29. The fourth-order valence-corrected chi connectivity index (χ4v) is 3.75. The maximum absolute atomic E-state index is 12.9. The first kappa shape index (κ1) is 24.1. The van der Waals surface area contributed by atoms with Crippen LogP contribution in [0, 0.1) is 6.92 Å². The van der Waals surface area contributed by atoms with Gasteiger partial charge in [0.05, 0.1) is 24.2 Å². The number of amides is 4. The van der Waals surface area contributed by atoms with Crippen molar-refractivity contribution in [2.24, 2.45) is 0 Å². The van der Waals surface area contributed by atoms with Gasteiger partial charge in [0.2, 0.25) is 0 Å². The molecule has 0 aliphatic carbocycles. The number of carbonyl (C=O) groups is 3. The predicted molar refractivity (Wildman–Crippen MR) is 140 cm³/mol. The molecule has 0 aliphatic rings. The van der Waals surface area contributed by atoms with Crippen LogP contribution < -0.4 is 21.4 Å². The molecule has 1 heterocycles. The van der Waals surface area contributed by atoms with Crippen LogP contribution >= 0.6 is 0 Å². The van der Waals surface area contributed by atoms with Crippen molar-refractivity contribution in [1.82, 2.24) is 4.68 Å². The number of urea groups is 2. The Kier molecular flexibility index (Phi) is 7.30. The van der Waals surface area contributed by atoms with Crippen molar-refractivity contribution in [2.45, 2.75) is 6.92 Å². The van der Waals surface area contributed by atoms with Gasteiger partial charge in [0.1, 0.15) is 5.56 Å². The van der Waals surface area contributed by atoms with Crippen molar-refractivity contribution in [2.75, 3.05) is 28.5 Å². The molecule has 9 nitrogen and oxygen atoms in total. The Morgan fingerprint density at radius 3 is 1.72 bits per heavy atom. The molecule has 0 saturated heterocycles. The Hall–Kier alpha value is -5.05. The minimum atomic E-state index is -0.663. The monoisotopic (exact) mass is 483 g/mol. The number of methoxy groups -OCH3 is 1. The molecule has 3 aromatic carbocycles. The van der Waals surface area contributed by atoms with Crippen molar-refractivity contribution < 1.29 is 19.1 Å². The van der Waals surface area contributed by atoms with Crippen molar-refractivity contribution in [1.29, 1.82) is 0 Å². The third-order valence-electron chi connectivity index (χ3n) is 5.36. The molecule has 1 aromatic heterocycles. The molecule has 9 heteroatoms. The highest BCUT2D eigenvalue weighted by atomic mass is 16.5. The fourth-order valence-electron chi connectivity index (χ4n) is 3.75. The Bertz CT molecular complexity index is 1370. The molecule has 36 heavy (non-hydrogen) atoms. The zero-order chi connectivity index (χ0) is 25.5. The van der Waals surface area contributed by atoms with Crippen molar-refractivity contribution in [3.63, 3.8) is 0 Å². The van der Waals surface area contributed by atoms with E-state index in [9.17, 15) is 14.4 Å². The van der Waals surface area contributed by atoms with Gasteiger partial charge in [-0.05, 0) is 31.2 Å². The summed E-state index contributed by atoms with van der Waals surface area (Å²) in [6.45, 7) is 1.65. The van der Waals surface area contributed by atoms with E-state index in [0.29, 0.717) is 28.3 Å². The molecule has 182 valence electrons. The summed E-state index contributed by atoms with van der Waals surface area (Å²) in [6.07, 6.45) is 0. The molecule has 0 radical (unpaired) electrons. The van der Waals surface area contributed by atoms with Gasteiger partial charge in [-0.15, -0.1) is 0 Å². The SMILES string of the molecule is COC(=O)c1c(NC(=O)Nc2ccccc2)c(-c2ccccc2)n(NC(=O)Nc2ccccc2)c1C. The topological polar surface area (TPSA) is 113 Å². The van der Waals surface area contributed by atoms with E-state index in [1.165, 1.54) is 11.8 Å². The van der Waals surface area contributed by atoms with Gasteiger partial charge < -0.3 is 20.7 Å². The van der Waals surface area contributed by atoms with Crippen LogP contribution in [-0.4, -0.2) is 29.8 Å². The molecule has 0 unspecified atom stereocenters. The van der Waals surface area contributed by atoms with Crippen molar-refractivity contribution >= 4 is 35.1 Å². The minimum Gasteiger partial charge on any atom is -0.465 e. The number of rotatable bonds is 6. The molecule has 0 atom stereocenters. The highest BCUT2D eigenvalue weighted by molar-refractivity contribution is 6.10. The van der Waals surface area contributed by atoms with Gasteiger partial charge in [0.25, 0.3) is 0 Å². The van der Waals surface area contributed by atoms with E-state index < -0.39 is 18.0 Å². The van der Waals surface area contributed by atoms with E-state index in [1.54, 1.807) is 55.5 Å². The van der Waals surface area contributed by atoms with Crippen molar-refractivity contribution in [3.8, 4) is 11.3 Å². The second kappa shape index (κ2) is 10.9. The summed E-state index contributed by atoms with van der Waals surface area (Å²) in [5, 5.41) is 8.28. The number of nitrogens with zero attached hydrogens (tertiary/aromatic N) is 1. The summed E-state index contributed by atoms with van der Waals surface area (Å²) in [4.78, 5) is 38.6. The number of para-hydroxylation sites is 2. The average molecular weight is 484 g/mol. The number of carbonyl (C=O) groups excluding carboxylic acids is 3. The van der Waals surface area contributed by atoms with Crippen LogP contribution in [0.5, 0.6) is 0 Å². The van der Waals surface area contributed by atoms with Crippen LogP contribution in [0.15, 0.2) is 91.0 Å². The summed E-state index contributed by atoms with van der Waals surface area (Å²) in [5.41, 5.74) is 5.68. The number of hydrogen-bond acceptors (Lipinski definition) is 4. The number of ether oxygens (including phenoxy) is 1. The van der Waals surface area contributed by atoms with Crippen LogP contribution in [-0.2, 0) is 4.74 Å². The summed E-state index contributed by atoms with van der Waals surface area (Å²) < 4.78 is 6.47. The molecule has 0 bridgehead atoms. The smallest absolute Gasteiger partial charge is 0.341 e. The molecule has 0 fully saturated rings. The van der Waals surface area contributed by atoms with Gasteiger partial charge >= 0.3 is 18.0 Å². The summed E-state index contributed by atoms with van der Waals surface area (Å²) in [5.74, 6) is -0.663. The molecular formula is C27H25N5O4. The summed E-state index contributed by atoms with van der Waals surface area (Å²) in [6, 6.07) is 25.8. The zero-order valence-electron chi connectivity index (χ0n) is 19.7. The summed E-state index contributed by atoms with van der Waals surface area (Å²) in [7, 11) is 1.25. The normalized spacial score (nSPS) is 10.3. The molecule has 4 aromatic rings. The highest BCUT2D eigenvalue weighted by Gasteiger charge is 2.29. The maximum Gasteiger partial charge on any atom is 0.341 e. The minimum absolute atomic E-state index is 0.111. The number of benzene rings is 3. The molecular weight excluding hydrogens is 458 g/mol. The number of hydrogen-bond donors (Lipinski definition) is 4. The van der Waals surface area contributed by atoms with E-state index in [1.807, 2.05) is 42.5 Å². The van der Waals surface area contributed by atoms with Gasteiger partial charge in [0, 0.05) is 16.9 Å². The molecule has 0 aliphatic heterocycles. The quantitative estimate of drug-likeness (QED) is 0.265. The van der Waals surface area contributed by atoms with Crippen LogP contribution in [0.3, 0.4) is 0 Å². The van der Waals surface area contributed by atoms with Crippen molar-refractivity contribution in [3.05, 3.63) is 102 Å². The van der Waals surface area contributed by atoms with Gasteiger partial charge in [-0.25, -0.2) is 19.8 Å². The summed E-state index contributed by atoms with van der Waals surface area (Å²) >= 11 is 0. The predicted octanol–water partition coefficient (Wildman–Crippen LogP) is 5.67. The molecule has 0 saturated carbocycles. The van der Waals surface area contributed by atoms with E-state index in [2.05, 4.69) is 21.4 Å². The third-order valence-corrected chi connectivity index (χ3v) is 5.36. The van der Waals surface area contributed by atoms with Crippen LogP contribution in [0.25, 0.3) is 11.3 Å². The maximum atomic E-state index is 12.9. The first-order valence-electron chi connectivity index (χ1n) is 11.1.